The highest BCUT2D eigenvalue weighted by atomic mass is 32.2. The van der Waals surface area contributed by atoms with Crippen LogP contribution in [0.4, 0.5) is 8.78 Å². The molecule has 6 nitrogen and oxygen atoms in total. The molecular formula is C31H34F2N2O4S. The van der Waals surface area contributed by atoms with Gasteiger partial charge >= 0.3 is 0 Å². The van der Waals surface area contributed by atoms with Crippen LogP contribution in [0.3, 0.4) is 0 Å². The number of nitrogens with one attached hydrogen (secondary N) is 2. The molecule has 212 valence electrons. The smallest absolute Gasteiger partial charge is 0.251 e. The fourth-order valence-electron chi connectivity index (χ4n) is 4.82. The van der Waals surface area contributed by atoms with Crippen molar-refractivity contribution in [3.63, 3.8) is 0 Å². The fourth-order valence-corrected chi connectivity index (χ4v) is 5.92. The van der Waals surface area contributed by atoms with Crippen LogP contribution in [-0.4, -0.2) is 43.9 Å². The van der Waals surface area contributed by atoms with Crippen molar-refractivity contribution in [2.75, 3.05) is 12.3 Å². The van der Waals surface area contributed by atoms with E-state index < -0.39 is 39.5 Å². The summed E-state index contributed by atoms with van der Waals surface area (Å²) < 4.78 is 52.8. The molecule has 0 saturated heterocycles. The zero-order valence-corrected chi connectivity index (χ0v) is 23.2. The average Bonchev–Trinajstić information content (AvgIpc) is 3.72. The highest BCUT2D eigenvalue weighted by molar-refractivity contribution is 7.91. The Morgan fingerprint density at radius 1 is 1.05 bits per heavy atom. The van der Waals surface area contributed by atoms with E-state index in [2.05, 4.69) is 36.3 Å². The second-order valence-corrected chi connectivity index (χ2v) is 12.3. The Hall–Kier alpha value is -3.40. The largest absolute Gasteiger partial charge is 0.390 e. The first-order chi connectivity index (χ1) is 19.0. The van der Waals surface area contributed by atoms with Gasteiger partial charge in [0.2, 0.25) is 0 Å². The van der Waals surface area contributed by atoms with Crippen molar-refractivity contribution < 1.29 is 27.1 Å². The summed E-state index contributed by atoms with van der Waals surface area (Å²) in [4.78, 5) is 13.2. The van der Waals surface area contributed by atoms with Gasteiger partial charge in [-0.25, -0.2) is 17.2 Å². The van der Waals surface area contributed by atoms with Crippen LogP contribution in [0.2, 0.25) is 0 Å². The molecule has 9 heteroatoms. The van der Waals surface area contributed by atoms with Gasteiger partial charge in [0.05, 0.1) is 22.8 Å². The summed E-state index contributed by atoms with van der Waals surface area (Å²) in [7, 11) is -3.66. The molecule has 4 rings (SSSR count). The molecule has 2 atom stereocenters. The lowest BCUT2D eigenvalue weighted by molar-refractivity contribution is 0.0821. The highest BCUT2D eigenvalue weighted by Gasteiger charge is 2.44. The van der Waals surface area contributed by atoms with Crippen molar-refractivity contribution in [1.82, 2.24) is 10.6 Å². The molecule has 40 heavy (non-hydrogen) atoms. The summed E-state index contributed by atoms with van der Waals surface area (Å²) in [5.41, 5.74) is 2.40. The van der Waals surface area contributed by atoms with E-state index in [0.717, 1.165) is 43.0 Å². The number of rotatable bonds is 13. The normalized spacial score (nSPS) is 15.7. The molecule has 0 heterocycles. The number of carbonyl (C=O) groups is 1. The second kappa shape index (κ2) is 12.4. The van der Waals surface area contributed by atoms with E-state index in [1.54, 1.807) is 0 Å². The molecular weight excluding hydrogens is 534 g/mol. The van der Waals surface area contributed by atoms with Crippen LogP contribution >= 0.6 is 0 Å². The first kappa shape index (κ1) is 29.6. The van der Waals surface area contributed by atoms with Crippen molar-refractivity contribution in [1.29, 1.82) is 0 Å². The van der Waals surface area contributed by atoms with Gasteiger partial charge in [0.15, 0.2) is 9.84 Å². The van der Waals surface area contributed by atoms with Gasteiger partial charge in [-0.1, -0.05) is 43.3 Å². The second-order valence-electron chi connectivity index (χ2n) is 10.2. The highest BCUT2D eigenvalue weighted by Crippen LogP contribution is 2.45. The van der Waals surface area contributed by atoms with Crippen LogP contribution in [0.25, 0.3) is 0 Å². The number of aliphatic hydroxyl groups is 1. The SMILES string of the molecule is C=CCS(=O)(=O)c1cccc(C(=O)N[C@@H](Cc2cc(F)cc(F)c2)[C@H](O)CNC2(c3cccc(CC)c3)CC2)c1. The van der Waals surface area contributed by atoms with Crippen molar-refractivity contribution in [2.45, 2.75) is 55.2 Å². The lowest BCUT2D eigenvalue weighted by Gasteiger charge is -2.27. The number of aliphatic hydroxyl groups excluding tert-OH is 1. The van der Waals surface area contributed by atoms with Gasteiger partial charge in [-0.3, -0.25) is 4.79 Å². The van der Waals surface area contributed by atoms with Gasteiger partial charge in [-0.05, 0) is 72.7 Å². The Labute approximate surface area is 234 Å². The number of hydrogen-bond acceptors (Lipinski definition) is 5. The van der Waals surface area contributed by atoms with E-state index >= 15 is 0 Å². The van der Waals surface area contributed by atoms with Crippen molar-refractivity contribution in [3.8, 4) is 0 Å². The van der Waals surface area contributed by atoms with E-state index in [4.69, 9.17) is 0 Å². The Kier molecular flexibility index (Phi) is 9.18. The predicted octanol–water partition coefficient (Wildman–Crippen LogP) is 4.47. The third-order valence-electron chi connectivity index (χ3n) is 7.24. The molecule has 1 amide bonds. The van der Waals surface area contributed by atoms with Crippen LogP contribution in [-0.2, 0) is 28.2 Å². The van der Waals surface area contributed by atoms with Gasteiger partial charge in [0, 0.05) is 23.7 Å². The topological polar surface area (TPSA) is 95.5 Å². The molecule has 0 unspecified atom stereocenters. The van der Waals surface area contributed by atoms with Gasteiger partial charge in [0.25, 0.3) is 5.91 Å². The Bertz CT molecular complexity index is 1470. The third-order valence-corrected chi connectivity index (χ3v) is 8.89. The molecule has 3 N–H and O–H groups in total. The van der Waals surface area contributed by atoms with Crippen molar-refractivity contribution in [3.05, 3.63) is 113 Å². The third kappa shape index (κ3) is 7.21. The Morgan fingerprint density at radius 2 is 1.75 bits per heavy atom. The quantitative estimate of drug-likeness (QED) is 0.265. The van der Waals surface area contributed by atoms with E-state index in [1.165, 1.54) is 35.9 Å². The maximum absolute atomic E-state index is 13.9. The molecule has 1 aliphatic carbocycles. The zero-order valence-electron chi connectivity index (χ0n) is 22.4. The summed E-state index contributed by atoms with van der Waals surface area (Å²) in [5.74, 6) is -2.42. The lowest BCUT2D eigenvalue weighted by atomic mass is 9.98. The summed E-state index contributed by atoms with van der Waals surface area (Å²) in [6, 6.07) is 16.0. The van der Waals surface area contributed by atoms with E-state index in [9.17, 15) is 27.1 Å². The van der Waals surface area contributed by atoms with Crippen molar-refractivity contribution in [2.24, 2.45) is 0 Å². The summed E-state index contributed by atoms with van der Waals surface area (Å²) in [5, 5.41) is 17.4. The predicted molar refractivity (Wildman–Crippen MR) is 151 cm³/mol. The minimum atomic E-state index is -3.66. The molecule has 0 aromatic heterocycles. The molecule has 0 aliphatic heterocycles. The minimum Gasteiger partial charge on any atom is -0.390 e. The van der Waals surface area contributed by atoms with E-state index in [0.29, 0.717) is 0 Å². The average molecular weight is 569 g/mol. The molecule has 1 aliphatic rings. The number of amides is 1. The van der Waals surface area contributed by atoms with E-state index in [-0.39, 0.29) is 40.3 Å². The minimum absolute atomic E-state index is 0.0315. The maximum Gasteiger partial charge on any atom is 0.251 e. The van der Waals surface area contributed by atoms with Crippen LogP contribution in [0.15, 0.2) is 84.3 Å². The zero-order chi connectivity index (χ0) is 28.9. The number of benzene rings is 3. The standard InChI is InChI=1S/C31H34F2N2O4S/c1-3-13-40(38,39)27-10-6-8-23(18-27)30(37)35-28(17-22-15-25(32)19-26(33)16-22)29(36)20-34-31(11-12-31)24-9-5-7-21(4-2)14-24/h3,5-10,14-16,18-19,28-29,34,36H,1,4,11-13,17,20H2,2H3,(H,35,37)/t28-,29+/m0/s1. The fraction of sp³-hybridized carbons (Fsp3) is 0.323. The van der Waals surface area contributed by atoms with Gasteiger partial charge in [-0.2, -0.15) is 0 Å². The van der Waals surface area contributed by atoms with E-state index in [1.807, 2.05) is 12.1 Å². The van der Waals surface area contributed by atoms with Gasteiger partial charge in [-0.15, -0.1) is 6.58 Å². The van der Waals surface area contributed by atoms with Crippen LogP contribution in [0.5, 0.6) is 0 Å². The lowest BCUT2D eigenvalue weighted by Crippen LogP contribution is -2.50. The van der Waals surface area contributed by atoms with Crippen LogP contribution in [0.1, 0.15) is 46.8 Å². The summed E-state index contributed by atoms with van der Waals surface area (Å²) in [6.07, 6.45) is 2.80. The first-order valence-electron chi connectivity index (χ1n) is 13.3. The molecule has 0 radical (unpaired) electrons. The Morgan fingerprint density at radius 3 is 2.40 bits per heavy atom. The van der Waals surface area contributed by atoms with Crippen LogP contribution in [0, 0.1) is 11.6 Å². The maximum atomic E-state index is 13.9. The molecule has 3 aromatic carbocycles. The molecule has 3 aromatic rings. The Balaban J connectivity index is 1.54. The van der Waals surface area contributed by atoms with Gasteiger partial charge < -0.3 is 15.7 Å². The molecule has 0 spiro atoms. The first-order valence-corrected chi connectivity index (χ1v) is 14.9. The molecule has 1 fully saturated rings. The molecule has 0 bridgehead atoms. The summed E-state index contributed by atoms with van der Waals surface area (Å²) in [6.45, 7) is 5.67. The number of aryl methyl sites for hydroxylation is 1. The molecule has 1 saturated carbocycles. The number of halogens is 2. The monoisotopic (exact) mass is 568 g/mol. The number of sulfone groups is 1. The number of hydrogen-bond donors (Lipinski definition) is 3. The van der Waals surface area contributed by atoms with Crippen LogP contribution < -0.4 is 10.6 Å². The van der Waals surface area contributed by atoms with Crippen molar-refractivity contribution >= 4 is 15.7 Å². The summed E-state index contributed by atoms with van der Waals surface area (Å²) >= 11 is 0. The number of carbonyl (C=O) groups excluding carboxylic acids is 1. The van der Waals surface area contributed by atoms with Gasteiger partial charge in [0.1, 0.15) is 11.6 Å².